The highest BCUT2D eigenvalue weighted by Gasteiger charge is 2.24. The first kappa shape index (κ1) is 16.6. The van der Waals surface area contributed by atoms with E-state index in [1.807, 2.05) is 6.07 Å². The van der Waals surface area contributed by atoms with Crippen LogP contribution in [0.5, 0.6) is 0 Å². The molecule has 0 bridgehead atoms. The Bertz CT molecular complexity index is 712. The molecule has 1 aromatic carbocycles. The van der Waals surface area contributed by atoms with Crippen LogP contribution in [0.1, 0.15) is 30.0 Å². The molecule has 2 heterocycles. The number of carboxylic acid groups (broad SMARTS) is 1. The maximum absolute atomic E-state index is 13.3. The average Bonchev–Trinajstić information content (AvgIpc) is 2.93. The largest absolute Gasteiger partial charge is 0.480 e. The molecule has 1 atom stereocenters. The lowest BCUT2D eigenvalue weighted by molar-refractivity contribution is -0.137. The second-order valence-electron chi connectivity index (χ2n) is 6.16. The Hall–Kier alpha value is -2.28. The van der Waals surface area contributed by atoms with Gasteiger partial charge in [0.15, 0.2) is 0 Å². The normalized spacial score (nSPS) is 18.7. The summed E-state index contributed by atoms with van der Waals surface area (Å²) in [6, 6.07) is 5.41. The van der Waals surface area contributed by atoms with E-state index >= 15 is 0 Å². The zero-order valence-corrected chi connectivity index (χ0v) is 13.2. The van der Waals surface area contributed by atoms with Crippen molar-refractivity contribution in [1.29, 1.82) is 0 Å². The number of halogens is 2. The molecule has 1 N–H and O–H groups in total. The molecule has 24 heavy (non-hydrogen) atoms. The van der Waals surface area contributed by atoms with Crippen molar-refractivity contribution in [3.05, 3.63) is 53.4 Å². The van der Waals surface area contributed by atoms with Gasteiger partial charge in [0.2, 0.25) is 0 Å². The van der Waals surface area contributed by atoms with Gasteiger partial charge in [-0.3, -0.25) is 14.4 Å². The van der Waals surface area contributed by atoms with E-state index in [0.717, 1.165) is 31.1 Å². The summed E-state index contributed by atoms with van der Waals surface area (Å²) in [5, 5.41) is 13.0. The Kier molecular flexibility index (Phi) is 4.89. The fourth-order valence-corrected chi connectivity index (χ4v) is 3.35. The van der Waals surface area contributed by atoms with E-state index in [2.05, 4.69) is 10.00 Å². The van der Waals surface area contributed by atoms with Gasteiger partial charge in [0.25, 0.3) is 0 Å². The van der Waals surface area contributed by atoms with Crippen LogP contribution in [-0.4, -0.2) is 38.8 Å². The molecule has 128 valence electrons. The lowest BCUT2D eigenvalue weighted by Crippen LogP contribution is -2.35. The van der Waals surface area contributed by atoms with E-state index in [1.54, 1.807) is 6.20 Å². The highest BCUT2D eigenvalue weighted by molar-refractivity contribution is 5.66. The summed E-state index contributed by atoms with van der Waals surface area (Å²) in [4.78, 5) is 13.1. The summed E-state index contributed by atoms with van der Waals surface area (Å²) in [5.74, 6) is -1.90. The molecule has 0 aliphatic carbocycles. The Morgan fingerprint density at radius 3 is 2.75 bits per heavy atom. The lowest BCUT2D eigenvalue weighted by Gasteiger charge is -2.33. The first-order chi connectivity index (χ1) is 11.5. The van der Waals surface area contributed by atoms with Crippen molar-refractivity contribution >= 4 is 5.97 Å². The number of hydrogen-bond acceptors (Lipinski definition) is 3. The highest BCUT2D eigenvalue weighted by Crippen LogP contribution is 2.27. The molecule has 3 rings (SSSR count). The molecule has 7 heteroatoms. The van der Waals surface area contributed by atoms with Crippen LogP contribution in [0.25, 0.3) is 0 Å². The van der Waals surface area contributed by atoms with Crippen molar-refractivity contribution in [1.82, 2.24) is 14.7 Å². The fraction of sp³-hybridized carbons (Fsp3) is 0.412. The van der Waals surface area contributed by atoms with E-state index in [0.29, 0.717) is 18.7 Å². The fourth-order valence-electron chi connectivity index (χ4n) is 3.35. The second kappa shape index (κ2) is 7.09. The molecular weight excluding hydrogens is 316 g/mol. The molecule has 5 nitrogen and oxygen atoms in total. The van der Waals surface area contributed by atoms with Crippen LogP contribution in [0.2, 0.25) is 0 Å². The standard InChI is InChI=1S/C17H19F2N3O2/c18-14-6-12(7-15(19)8-14)9-21-5-1-2-13(10-21)16-3-4-20-22(16)11-17(23)24/h3-4,6-8,13H,1-2,5,9-11H2,(H,23,24). The summed E-state index contributed by atoms with van der Waals surface area (Å²) >= 11 is 0. The number of rotatable bonds is 5. The zero-order chi connectivity index (χ0) is 17.1. The number of carbonyl (C=O) groups is 1. The van der Waals surface area contributed by atoms with Crippen LogP contribution in [0.3, 0.4) is 0 Å². The van der Waals surface area contributed by atoms with Crippen molar-refractivity contribution in [3.8, 4) is 0 Å². The molecule has 1 aliphatic rings. The van der Waals surface area contributed by atoms with Gasteiger partial charge in [0.05, 0.1) is 0 Å². The number of likely N-dealkylation sites (tertiary alicyclic amines) is 1. The van der Waals surface area contributed by atoms with Crippen molar-refractivity contribution < 1.29 is 18.7 Å². The molecule has 0 amide bonds. The maximum atomic E-state index is 13.3. The van der Waals surface area contributed by atoms with E-state index in [-0.39, 0.29) is 12.5 Å². The second-order valence-corrected chi connectivity index (χ2v) is 6.16. The molecule has 2 aromatic rings. The van der Waals surface area contributed by atoms with Crippen molar-refractivity contribution in [2.45, 2.75) is 31.8 Å². The Labute approximate surface area is 138 Å². The third-order valence-electron chi connectivity index (χ3n) is 4.29. The van der Waals surface area contributed by atoms with Crippen LogP contribution in [0, 0.1) is 11.6 Å². The van der Waals surface area contributed by atoms with Gasteiger partial charge in [-0.05, 0) is 43.1 Å². The summed E-state index contributed by atoms with van der Waals surface area (Å²) < 4.78 is 28.2. The van der Waals surface area contributed by atoms with Gasteiger partial charge in [-0.15, -0.1) is 0 Å². The summed E-state index contributed by atoms with van der Waals surface area (Å²) in [6.45, 7) is 1.87. The van der Waals surface area contributed by atoms with Gasteiger partial charge in [0, 0.05) is 37.0 Å². The van der Waals surface area contributed by atoms with Crippen LogP contribution in [-0.2, 0) is 17.9 Å². The number of piperidine rings is 1. The topological polar surface area (TPSA) is 58.4 Å². The number of nitrogens with zero attached hydrogens (tertiary/aromatic N) is 3. The lowest BCUT2D eigenvalue weighted by atomic mass is 9.94. The minimum absolute atomic E-state index is 0.159. The minimum atomic E-state index is -0.928. The van der Waals surface area contributed by atoms with Gasteiger partial charge in [0.1, 0.15) is 18.2 Å². The van der Waals surface area contributed by atoms with Crippen molar-refractivity contribution in [3.63, 3.8) is 0 Å². The van der Waals surface area contributed by atoms with Gasteiger partial charge in [-0.1, -0.05) is 0 Å². The quantitative estimate of drug-likeness (QED) is 0.913. The highest BCUT2D eigenvalue weighted by atomic mass is 19.1. The van der Waals surface area contributed by atoms with E-state index in [1.165, 1.54) is 16.8 Å². The Morgan fingerprint density at radius 2 is 2.04 bits per heavy atom. The van der Waals surface area contributed by atoms with Crippen LogP contribution in [0.15, 0.2) is 30.5 Å². The third-order valence-corrected chi connectivity index (χ3v) is 4.29. The average molecular weight is 335 g/mol. The van der Waals surface area contributed by atoms with E-state index in [9.17, 15) is 13.6 Å². The zero-order valence-electron chi connectivity index (χ0n) is 13.2. The SMILES string of the molecule is O=C(O)Cn1nccc1C1CCCN(Cc2cc(F)cc(F)c2)C1. The van der Waals surface area contributed by atoms with Crippen molar-refractivity contribution in [2.24, 2.45) is 0 Å². The van der Waals surface area contributed by atoms with Gasteiger partial charge >= 0.3 is 5.97 Å². The predicted octanol–water partition coefficient (Wildman–Crippen LogP) is 2.63. The number of benzene rings is 1. The predicted molar refractivity (Wildman–Crippen MR) is 83.5 cm³/mol. The smallest absolute Gasteiger partial charge is 0.325 e. The summed E-state index contributed by atoms with van der Waals surface area (Å²) in [5.41, 5.74) is 1.50. The summed E-state index contributed by atoms with van der Waals surface area (Å²) in [6.07, 6.45) is 3.50. The Balaban J connectivity index is 1.70. The van der Waals surface area contributed by atoms with Crippen molar-refractivity contribution in [2.75, 3.05) is 13.1 Å². The number of carboxylic acids is 1. The summed E-state index contributed by atoms with van der Waals surface area (Å²) in [7, 11) is 0. The van der Waals surface area contributed by atoms with E-state index < -0.39 is 17.6 Å². The van der Waals surface area contributed by atoms with Crippen LogP contribution in [0.4, 0.5) is 8.78 Å². The first-order valence-electron chi connectivity index (χ1n) is 7.92. The molecule has 1 fully saturated rings. The molecule has 0 radical (unpaired) electrons. The number of hydrogen-bond donors (Lipinski definition) is 1. The van der Waals surface area contributed by atoms with Crippen LogP contribution < -0.4 is 0 Å². The van der Waals surface area contributed by atoms with Gasteiger partial charge in [-0.2, -0.15) is 5.10 Å². The van der Waals surface area contributed by atoms with E-state index in [4.69, 9.17) is 5.11 Å². The monoisotopic (exact) mass is 335 g/mol. The maximum Gasteiger partial charge on any atom is 0.325 e. The number of aromatic nitrogens is 2. The molecule has 0 spiro atoms. The Morgan fingerprint density at radius 1 is 1.29 bits per heavy atom. The molecule has 1 unspecified atom stereocenters. The molecule has 1 aliphatic heterocycles. The van der Waals surface area contributed by atoms with Gasteiger partial charge < -0.3 is 5.11 Å². The van der Waals surface area contributed by atoms with Gasteiger partial charge in [-0.25, -0.2) is 8.78 Å². The molecule has 1 saturated heterocycles. The minimum Gasteiger partial charge on any atom is -0.480 e. The third kappa shape index (κ3) is 3.97. The molecule has 0 saturated carbocycles. The number of aliphatic carboxylic acids is 1. The first-order valence-corrected chi connectivity index (χ1v) is 7.92. The molecular formula is C17H19F2N3O2. The molecule has 1 aromatic heterocycles. The van der Waals surface area contributed by atoms with Crippen LogP contribution >= 0.6 is 0 Å².